The van der Waals surface area contributed by atoms with E-state index < -0.39 is 27.5 Å². The second-order valence-corrected chi connectivity index (χ2v) is 10.4. The van der Waals surface area contributed by atoms with Crippen molar-refractivity contribution in [2.75, 3.05) is 20.0 Å². The Kier molecular flexibility index (Phi) is 8.04. The lowest BCUT2D eigenvalue weighted by Gasteiger charge is -2.05. The molecule has 0 saturated carbocycles. The summed E-state index contributed by atoms with van der Waals surface area (Å²) in [6, 6.07) is 11.7. The van der Waals surface area contributed by atoms with Crippen LogP contribution < -0.4 is 9.54 Å². The van der Waals surface area contributed by atoms with E-state index in [-0.39, 0.29) is 16.2 Å². The smallest absolute Gasteiger partial charge is 0.325 e. The molecule has 0 radical (unpaired) electrons. The third kappa shape index (κ3) is 6.08. The van der Waals surface area contributed by atoms with Crippen LogP contribution in [0.5, 0.6) is 5.75 Å². The first-order valence-electron chi connectivity index (χ1n) is 10.4. The Hall–Kier alpha value is -2.98. The number of aromatic nitrogens is 1. The first-order chi connectivity index (χ1) is 15.8. The Morgan fingerprint density at radius 2 is 1.82 bits per heavy atom. The maximum atomic E-state index is 12.7. The predicted molar refractivity (Wildman–Crippen MR) is 126 cm³/mol. The van der Waals surface area contributed by atoms with Gasteiger partial charge in [0.05, 0.1) is 29.3 Å². The molecule has 0 aliphatic rings. The van der Waals surface area contributed by atoms with Crippen molar-refractivity contribution >= 4 is 43.3 Å². The zero-order valence-corrected chi connectivity index (χ0v) is 20.4. The molecule has 2 aromatic carbocycles. The highest BCUT2D eigenvalue weighted by Crippen LogP contribution is 2.21. The van der Waals surface area contributed by atoms with Crippen molar-refractivity contribution in [3.8, 4) is 5.75 Å². The Morgan fingerprint density at radius 1 is 1.09 bits per heavy atom. The third-order valence-corrected chi connectivity index (χ3v) is 7.69. The molecule has 0 atom stereocenters. The summed E-state index contributed by atoms with van der Waals surface area (Å²) in [6.07, 6.45) is 3.05. The highest BCUT2D eigenvalue weighted by molar-refractivity contribution is 7.92. The standard InChI is InChI=1S/C23H26N2O6S2/c1-4-5-6-16-7-12-19-20(13-16)32-23(25(19)14-22(27)31-3)24-21(26)15-33(28,29)18-10-8-17(30-2)9-11-18/h7-13H,4-6,14-15H2,1-3H3. The molecule has 0 N–H and O–H groups in total. The van der Waals surface area contributed by atoms with Gasteiger partial charge in [-0.05, 0) is 54.8 Å². The number of aryl methyl sites for hydroxylation is 1. The zero-order valence-electron chi connectivity index (χ0n) is 18.7. The van der Waals surface area contributed by atoms with Crippen LogP contribution in [-0.2, 0) is 37.1 Å². The molecule has 0 fully saturated rings. The van der Waals surface area contributed by atoms with Crippen molar-refractivity contribution in [3.05, 3.63) is 52.8 Å². The van der Waals surface area contributed by atoms with Gasteiger partial charge in [-0.2, -0.15) is 4.99 Å². The number of sulfone groups is 1. The fraction of sp³-hybridized carbons (Fsp3) is 0.348. The maximum Gasteiger partial charge on any atom is 0.325 e. The number of amides is 1. The molecule has 1 aromatic heterocycles. The minimum absolute atomic E-state index is 0.00574. The summed E-state index contributed by atoms with van der Waals surface area (Å²) < 4.78 is 37.6. The normalized spacial score (nSPS) is 12.2. The van der Waals surface area contributed by atoms with Gasteiger partial charge in [0.2, 0.25) is 0 Å². The van der Waals surface area contributed by atoms with Gasteiger partial charge in [0.25, 0.3) is 5.91 Å². The summed E-state index contributed by atoms with van der Waals surface area (Å²) in [5, 5.41) is 0. The number of hydrogen-bond acceptors (Lipinski definition) is 7. The number of carbonyl (C=O) groups excluding carboxylic acids is 2. The van der Waals surface area contributed by atoms with Gasteiger partial charge in [0, 0.05) is 0 Å². The van der Waals surface area contributed by atoms with Crippen molar-refractivity contribution in [2.24, 2.45) is 4.99 Å². The first kappa shape index (κ1) is 24.7. The molecule has 33 heavy (non-hydrogen) atoms. The Balaban J connectivity index is 1.96. The lowest BCUT2D eigenvalue weighted by molar-refractivity contribution is -0.141. The second kappa shape index (κ2) is 10.8. The van der Waals surface area contributed by atoms with Gasteiger partial charge in [-0.1, -0.05) is 30.7 Å². The van der Waals surface area contributed by atoms with Gasteiger partial charge in [0.1, 0.15) is 18.0 Å². The summed E-state index contributed by atoms with van der Waals surface area (Å²) in [5.41, 5.74) is 1.88. The molecular formula is C23H26N2O6S2. The monoisotopic (exact) mass is 490 g/mol. The average molecular weight is 491 g/mol. The number of hydrogen-bond donors (Lipinski definition) is 0. The zero-order chi connectivity index (χ0) is 24.0. The first-order valence-corrected chi connectivity index (χ1v) is 12.9. The molecule has 0 aliphatic heterocycles. The molecule has 1 amide bonds. The van der Waals surface area contributed by atoms with E-state index in [1.54, 1.807) is 4.57 Å². The number of ether oxygens (including phenoxy) is 2. The molecule has 8 nitrogen and oxygen atoms in total. The summed E-state index contributed by atoms with van der Waals surface area (Å²) in [7, 11) is -1.13. The van der Waals surface area contributed by atoms with Crippen molar-refractivity contribution in [1.29, 1.82) is 0 Å². The fourth-order valence-corrected chi connectivity index (χ4v) is 5.47. The molecule has 0 aliphatic carbocycles. The SMILES string of the molecule is CCCCc1ccc2c(c1)sc(=NC(=O)CS(=O)(=O)c1ccc(OC)cc1)n2CC(=O)OC. The summed E-state index contributed by atoms with van der Waals surface area (Å²) in [4.78, 5) is 28.9. The molecule has 0 saturated heterocycles. The highest BCUT2D eigenvalue weighted by Gasteiger charge is 2.20. The van der Waals surface area contributed by atoms with E-state index in [0.717, 1.165) is 35.0 Å². The maximum absolute atomic E-state index is 12.7. The van der Waals surface area contributed by atoms with Gasteiger partial charge in [0.15, 0.2) is 14.6 Å². The van der Waals surface area contributed by atoms with Crippen LogP contribution in [0.4, 0.5) is 0 Å². The largest absolute Gasteiger partial charge is 0.497 e. The van der Waals surface area contributed by atoms with E-state index in [2.05, 4.69) is 11.9 Å². The summed E-state index contributed by atoms with van der Waals surface area (Å²) in [6.45, 7) is 1.98. The van der Waals surface area contributed by atoms with Crippen LogP contribution in [-0.4, -0.2) is 44.8 Å². The van der Waals surface area contributed by atoms with Gasteiger partial charge in [-0.15, -0.1) is 0 Å². The minimum Gasteiger partial charge on any atom is -0.497 e. The van der Waals surface area contributed by atoms with Gasteiger partial charge in [-0.25, -0.2) is 8.42 Å². The van der Waals surface area contributed by atoms with E-state index in [9.17, 15) is 18.0 Å². The van der Waals surface area contributed by atoms with Gasteiger partial charge < -0.3 is 14.0 Å². The Labute approximate surface area is 196 Å². The van der Waals surface area contributed by atoms with E-state index in [1.165, 1.54) is 49.8 Å². The number of methoxy groups -OCH3 is 2. The van der Waals surface area contributed by atoms with Crippen molar-refractivity contribution in [3.63, 3.8) is 0 Å². The highest BCUT2D eigenvalue weighted by atomic mass is 32.2. The number of thiazole rings is 1. The molecular weight excluding hydrogens is 464 g/mol. The molecule has 176 valence electrons. The van der Waals surface area contributed by atoms with E-state index in [4.69, 9.17) is 9.47 Å². The minimum atomic E-state index is -3.89. The number of esters is 1. The van der Waals surface area contributed by atoms with Crippen LogP contribution in [0.15, 0.2) is 52.4 Å². The number of benzene rings is 2. The van der Waals surface area contributed by atoms with Crippen molar-refractivity contribution < 1.29 is 27.5 Å². The lowest BCUT2D eigenvalue weighted by Crippen LogP contribution is -2.24. The summed E-state index contributed by atoms with van der Waals surface area (Å²) >= 11 is 1.24. The molecule has 3 aromatic rings. The second-order valence-electron chi connectivity index (χ2n) is 7.39. The van der Waals surface area contributed by atoms with Gasteiger partial charge >= 0.3 is 5.97 Å². The molecule has 1 heterocycles. The topological polar surface area (TPSA) is 104 Å². The molecule has 0 unspecified atom stereocenters. The van der Waals surface area contributed by atoms with Crippen LogP contribution in [0.2, 0.25) is 0 Å². The number of unbranched alkanes of at least 4 members (excludes halogenated alkanes) is 1. The summed E-state index contributed by atoms with van der Waals surface area (Å²) in [5.74, 6) is -1.59. The molecule has 10 heteroatoms. The number of carbonyl (C=O) groups is 2. The quantitative estimate of drug-likeness (QED) is 0.427. The van der Waals surface area contributed by atoms with E-state index in [0.29, 0.717) is 5.75 Å². The molecule has 0 spiro atoms. The van der Waals surface area contributed by atoms with Crippen LogP contribution in [0.3, 0.4) is 0 Å². The average Bonchev–Trinajstić information content (AvgIpc) is 3.12. The van der Waals surface area contributed by atoms with Crippen molar-refractivity contribution in [2.45, 2.75) is 37.6 Å². The van der Waals surface area contributed by atoms with Crippen molar-refractivity contribution in [1.82, 2.24) is 4.57 Å². The van der Waals surface area contributed by atoms with Gasteiger partial charge in [-0.3, -0.25) is 9.59 Å². The Morgan fingerprint density at radius 3 is 2.45 bits per heavy atom. The predicted octanol–water partition coefficient (Wildman–Crippen LogP) is 3.13. The molecule has 3 rings (SSSR count). The molecule has 0 bridgehead atoms. The van der Waals surface area contributed by atoms with E-state index in [1.807, 2.05) is 18.2 Å². The number of fused-ring (bicyclic) bond motifs is 1. The van der Waals surface area contributed by atoms with Crippen LogP contribution >= 0.6 is 11.3 Å². The Bertz CT molecular complexity index is 1320. The third-order valence-electron chi connectivity index (χ3n) is 5.03. The van der Waals surface area contributed by atoms with E-state index >= 15 is 0 Å². The van der Waals surface area contributed by atoms with Crippen LogP contribution in [0.1, 0.15) is 25.3 Å². The number of nitrogens with zero attached hydrogens (tertiary/aromatic N) is 2. The fourth-order valence-electron chi connectivity index (χ4n) is 3.25. The number of rotatable bonds is 9. The van der Waals surface area contributed by atoms with Crippen LogP contribution in [0, 0.1) is 0 Å². The lowest BCUT2D eigenvalue weighted by atomic mass is 10.1. The van der Waals surface area contributed by atoms with Crippen LogP contribution in [0.25, 0.3) is 10.2 Å².